The normalized spacial score (nSPS) is 15.5. The molecule has 0 aliphatic carbocycles. The molecule has 1 fully saturated rings. The molecule has 0 N–H and O–H groups in total. The highest BCUT2D eigenvalue weighted by molar-refractivity contribution is 9.10. The Labute approximate surface area is 171 Å². The molecule has 3 rings (SSSR count). The molecule has 1 amide bonds. The van der Waals surface area contributed by atoms with Crippen molar-refractivity contribution in [1.29, 1.82) is 0 Å². The number of carbonyl (C=O) groups excluding carboxylic acids is 2. The Morgan fingerprint density at radius 2 is 1.71 bits per heavy atom. The molecule has 1 aliphatic heterocycles. The van der Waals surface area contributed by atoms with Crippen molar-refractivity contribution in [2.24, 2.45) is 0 Å². The standard InChI is InChI=1S/C19H18BrFN2O4S/c1-13(24)14-3-2-4-16(11-14)28(26,27)23-9-7-22(8-10-23)19(25)17-12-15(21)5-6-18(17)20/h2-6,11-12H,7-10H2,1H3. The van der Waals surface area contributed by atoms with Crippen LogP contribution in [0, 0.1) is 5.82 Å². The van der Waals surface area contributed by atoms with E-state index < -0.39 is 15.8 Å². The molecule has 6 nitrogen and oxygen atoms in total. The van der Waals surface area contributed by atoms with Gasteiger partial charge in [-0.15, -0.1) is 0 Å². The highest BCUT2D eigenvalue weighted by Gasteiger charge is 2.31. The highest BCUT2D eigenvalue weighted by atomic mass is 79.9. The van der Waals surface area contributed by atoms with Crippen LogP contribution in [-0.4, -0.2) is 55.5 Å². The van der Waals surface area contributed by atoms with Crippen molar-refractivity contribution >= 4 is 37.6 Å². The lowest BCUT2D eigenvalue weighted by Gasteiger charge is -2.34. The first-order chi connectivity index (χ1) is 13.2. The number of nitrogens with zero attached hydrogens (tertiary/aromatic N) is 2. The number of halogens is 2. The van der Waals surface area contributed by atoms with Gasteiger partial charge in [0.25, 0.3) is 5.91 Å². The zero-order chi connectivity index (χ0) is 20.5. The smallest absolute Gasteiger partial charge is 0.255 e. The van der Waals surface area contributed by atoms with E-state index in [4.69, 9.17) is 0 Å². The molecule has 9 heteroatoms. The van der Waals surface area contributed by atoms with Crippen LogP contribution in [0.5, 0.6) is 0 Å². The predicted octanol–water partition coefficient (Wildman–Crippen LogP) is 2.94. The molecular weight excluding hydrogens is 451 g/mol. The summed E-state index contributed by atoms with van der Waals surface area (Å²) in [6.45, 7) is 1.98. The zero-order valence-electron chi connectivity index (χ0n) is 15.1. The molecule has 0 atom stereocenters. The summed E-state index contributed by atoms with van der Waals surface area (Å²) in [7, 11) is -3.77. The van der Waals surface area contributed by atoms with E-state index in [1.54, 1.807) is 6.07 Å². The second-order valence-electron chi connectivity index (χ2n) is 6.40. The summed E-state index contributed by atoms with van der Waals surface area (Å²) in [5, 5.41) is 0. The second-order valence-corrected chi connectivity index (χ2v) is 9.20. The van der Waals surface area contributed by atoms with Gasteiger partial charge in [0.15, 0.2) is 5.78 Å². The average Bonchev–Trinajstić information content (AvgIpc) is 2.69. The Kier molecular flexibility index (Phi) is 5.97. The van der Waals surface area contributed by atoms with Crippen molar-refractivity contribution in [1.82, 2.24) is 9.21 Å². The Hall–Kier alpha value is -2.10. The van der Waals surface area contributed by atoms with Gasteiger partial charge in [0.05, 0.1) is 10.5 Å². The molecule has 0 unspecified atom stereocenters. The molecule has 0 spiro atoms. The van der Waals surface area contributed by atoms with Gasteiger partial charge in [0, 0.05) is 36.2 Å². The SMILES string of the molecule is CC(=O)c1cccc(S(=O)(=O)N2CCN(C(=O)c3cc(F)ccc3Br)CC2)c1. The van der Waals surface area contributed by atoms with E-state index in [9.17, 15) is 22.4 Å². The second kappa shape index (κ2) is 8.10. The third-order valence-electron chi connectivity index (χ3n) is 4.56. The zero-order valence-corrected chi connectivity index (χ0v) is 17.5. The van der Waals surface area contributed by atoms with Crippen LogP contribution in [0.25, 0.3) is 0 Å². The summed E-state index contributed by atoms with van der Waals surface area (Å²) >= 11 is 3.24. The lowest BCUT2D eigenvalue weighted by Crippen LogP contribution is -2.50. The van der Waals surface area contributed by atoms with Crippen LogP contribution in [-0.2, 0) is 10.0 Å². The third-order valence-corrected chi connectivity index (χ3v) is 7.15. The van der Waals surface area contributed by atoms with Crippen LogP contribution in [0.2, 0.25) is 0 Å². The molecular formula is C19H18BrFN2O4S. The minimum Gasteiger partial charge on any atom is -0.336 e. The lowest BCUT2D eigenvalue weighted by atomic mass is 10.2. The van der Waals surface area contributed by atoms with Gasteiger partial charge in [-0.3, -0.25) is 9.59 Å². The van der Waals surface area contributed by atoms with Crippen LogP contribution >= 0.6 is 15.9 Å². The fraction of sp³-hybridized carbons (Fsp3) is 0.263. The first-order valence-corrected chi connectivity index (χ1v) is 10.8. The van der Waals surface area contributed by atoms with Crippen LogP contribution < -0.4 is 0 Å². The van der Waals surface area contributed by atoms with Crippen molar-refractivity contribution < 1.29 is 22.4 Å². The maximum atomic E-state index is 13.5. The molecule has 1 heterocycles. The summed E-state index contributed by atoms with van der Waals surface area (Å²) < 4.78 is 41.0. The van der Waals surface area contributed by atoms with Crippen LogP contribution in [0.1, 0.15) is 27.6 Å². The minimum absolute atomic E-state index is 0.0489. The predicted molar refractivity (Wildman–Crippen MR) is 105 cm³/mol. The largest absolute Gasteiger partial charge is 0.336 e. The Bertz CT molecular complexity index is 1030. The van der Waals surface area contributed by atoms with Gasteiger partial charge in [-0.05, 0) is 53.2 Å². The summed E-state index contributed by atoms with van der Waals surface area (Å²) in [6.07, 6.45) is 0. The number of benzene rings is 2. The monoisotopic (exact) mass is 468 g/mol. The number of rotatable bonds is 4. The lowest BCUT2D eigenvalue weighted by molar-refractivity contribution is 0.0696. The van der Waals surface area contributed by atoms with Crippen molar-refractivity contribution in [3.8, 4) is 0 Å². The van der Waals surface area contributed by atoms with Crippen LogP contribution in [0.4, 0.5) is 4.39 Å². The number of Topliss-reactive ketones (excluding diaryl/α,β-unsaturated/α-hetero) is 1. The topological polar surface area (TPSA) is 74.8 Å². The van der Waals surface area contributed by atoms with E-state index in [-0.39, 0.29) is 48.3 Å². The van der Waals surface area contributed by atoms with Crippen LogP contribution in [0.3, 0.4) is 0 Å². The molecule has 0 saturated carbocycles. The van der Waals surface area contributed by atoms with E-state index in [0.717, 1.165) is 6.07 Å². The summed E-state index contributed by atoms with van der Waals surface area (Å²) in [4.78, 5) is 25.7. The van der Waals surface area contributed by atoms with Gasteiger partial charge in [0.2, 0.25) is 10.0 Å². The number of piperazine rings is 1. The highest BCUT2D eigenvalue weighted by Crippen LogP contribution is 2.23. The number of amides is 1. The maximum absolute atomic E-state index is 13.5. The van der Waals surface area contributed by atoms with E-state index in [2.05, 4.69) is 15.9 Å². The molecule has 148 valence electrons. The number of carbonyl (C=O) groups is 2. The van der Waals surface area contributed by atoms with Crippen molar-refractivity contribution in [2.45, 2.75) is 11.8 Å². The Morgan fingerprint density at radius 1 is 1.04 bits per heavy atom. The van der Waals surface area contributed by atoms with Crippen molar-refractivity contribution in [3.63, 3.8) is 0 Å². The molecule has 0 radical (unpaired) electrons. The van der Waals surface area contributed by atoms with Gasteiger partial charge < -0.3 is 4.90 Å². The van der Waals surface area contributed by atoms with Crippen molar-refractivity contribution in [2.75, 3.05) is 26.2 Å². The van der Waals surface area contributed by atoms with Gasteiger partial charge >= 0.3 is 0 Å². The fourth-order valence-corrected chi connectivity index (χ4v) is 4.87. The van der Waals surface area contributed by atoms with E-state index in [1.165, 1.54) is 46.5 Å². The number of ketones is 1. The Balaban J connectivity index is 1.74. The van der Waals surface area contributed by atoms with Gasteiger partial charge in [0.1, 0.15) is 5.82 Å². The van der Waals surface area contributed by atoms with Gasteiger partial charge in [-0.1, -0.05) is 12.1 Å². The van der Waals surface area contributed by atoms with Gasteiger partial charge in [-0.2, -0.15) is 4.31 Å². The summed E-state index contributed by atoms with van der Waals surface area (Å²) in [5.74, 6) is -1.09. The number of hydrogen-bond acceptors (Lipinski definition) is 4. The first kappa shape index (κ1) is 20.6. The minimum atomic E-state index is -3.77. The number of sulfonamides is 1. The average molecular weight is 469 g/mol. The van der Waals surface area contributed by atoms with Crippen molar-refractivity contribution in [3.05, 3.63) is 63.9 Å². The molecule has 28 heavy (non-hydrogen) atoms. The fourth-order valence-electron chi connectivity index (χ4n) is 2.99. The maximum Gasteiger partial charge on any atom is 0.255 e. The van der Waals surface area contributed by atoms with Crippen LogP contribution in [0.15, 0.2) is 51.8 Å². The van der Waals surface area contributed by atoms with E-state index in [0.29, 0.717) is 10.0 Å². The van der Waals surface area contributed by atoms with E-state index >= 15 is 0 Å². The Morgan fingerprint density at radius 3 is 2.36 bits per heavy atom. The van der Waals surface area contributed by atoms with E-state index in [1.807, 2.05) is 0 Å². The molecule has 0 aromatic heterocycles. The quantitative estimate of drug-likeness (QED) is 0.646. The molecule has 2 aromatic rings. The third kappa shape index (κ3) is 4.16. The molecule has 1 saturated heterocycles. The van der Waals surface area contributed by atoms with Gasteiger partial charge in [-0.25, -0.2) is 12.8 Å². The molecule has 0 bridgehead atoms. The first-order valence-electron chi connectivity index (χ1n) is 8.55. The molecule has 2 aromatic carbocycles. The summed E-state index contributed by atoms with van der Waals surface area (Å²) in [5.41, 5.74) is 0.524. The summed E-state index contributed by atoms with van der Waals surface area (Å²) in [6, 6.07) is 9.77. The molecule has 1 aliphatic rings. The number of hydrogen-bond donors (Lipinski definition) is 0.